The quantitative estimate of drug-likeness (QED) is 0.237. The number of aliphatic hydroxyl groups is 1. The first-order chi connectivity index (χ1) is 18.6. The first-order valence-corrected chi connectivity index (χ1v) is 15.1. The number of aromatic nitrogens is 3. The van der Waals surface area contributed by atoms with Gasteiger partial charge in [-0.1, -0.05) is 29.4 Å². The van der Waals surface area contributed by atoms with Crippen LogP contribution in [0.1, 0.15) is 31.7 Å². The Morgan fingerprint density at radius 3 is 2.20 bits per heavy atom. The number of nitrogen functional groups attached to an aromatic ring is 1. The van der Waals surface area contributed by atoms with Crippen molar-refractivity contribution in [3.8, 4) is 22.6 Å². The Bertz CT molecular complexity index is 1680. The number of nitrogens with one attached hydrogen (secondary N) is 1. The van der Waals surface area contributed by atoms with Crippen molar-refractivity contribution in [1.82, 2.24) is 19.8 Å². The van der Waals surface area contributed by atoms with E-state index in [1.54, 1.807) is 63.4 Å². The zero-order valence-electron chi connectivity index (χ0n) is 22.5. The number of nitrogens with two attached hydrogens (primary N) is 2. The summed E-state index contributed by atoms with van der Waals surface area (Å²) in [7, 11) is -7.25. The third kappa shape index (κ3) is 8.40. The van der Waals surface area contributed by atoms with Crippen LogP contribution in [0.15, 0.2) is 75.1 Å². The molecule has 0 saturated heterocycles. The second-order valence-corrected chi connectivity index (χ2v) is 12.9. The van der Waals surface area contributed by atoms with Crippen LogP contribution in [0.3, 0.4) is 0 Å². The molecule has 6 N–H and O–H groups in total. The van der Waals surface area contributed by atoms with Crippen LogP contribution in [-0.4, -0.2) is 49.2 Å². The van der Waals surface area contributed by atoms with Gasteiger partial charge in [0, 0.05) is 18.3 Å². The van der Waals surface area contributed by atoms with E-state index in [0.717, 1.165) is 5.56 Å². The lowest BCUT2D eigenvalue weighted by atomic mass is 10.0. The lowest BCUT2D eigenvalue weighted by Crippen LogP contribution is -2.30. The summed E-state index contributed by atoms with van der Waals surface area (Å²) in [5.74, 6) is 0.947. The molecule has 0 amide bonds. The molecule has 2 heterocycles. The number of anilines is 1. The summed E-state index contributed by atoms with van der Waals surface area (Å²) in [4.78, 5) is 8.66. The molecule has 40 heavy (non-hydrogen) atoms. The van der Waals surface area contributed by atoms with Crippen LogP contribution in [-0.2, 0) is 20.0 Å². The molecular formula is C26H32N6O6S2. The van der Waals surface area contributed by atoms with Gasteiger partial charge in [0.15, 0.2) is 5.82 Å². The largest absolute Gasteiger partial charge is 0.390 e. The fourth-order valence-corrected chi connectivity index (χ4v) is 5.06. The van der Waals surface area contributed by atoms with E-state index in [-0.39, 0.29) is 28.0 Å². The predicted octanol–water partition coefficient (Wildman–Crippen LogP) is 2.77. The molecule has 0 radical (unpaired) electrons. The molecule has 0 aliphatic heterocycles. The molecular weight excluding hydrogens is 556 g/mol. The molecule has 12 nitrogen and oxygen atoms in total. The number of primary sulfonamides is 1. The fourth-order valence-electron chi connectivity index (χ4n) is 3.46. The number of sulfonamides is 2. The van der Waals surface area contributed by atoms with Gasteiger partial charge in [-0.05, 0) is 75.6 Å². The van der Waals surface area contributed by atoms with Crippen molar-refractivity contribution in [1.29, 1.82) is 0 Å². The Balaban J connectivity index is 0.000000371. The second-order valence-electron chi connectivity index (χ2n) is 9.60. The van der Waals surface area contributed by atoms with Crippen LogP contribution in [0.4, 0.5) is 5.82 Å². The Morgan fingerprint density at radius 2 is 1.65 bits per heavy atom. The number of nitrogens with zero attached hydrogens (tertiary/aromatic N) is 3. The highest BCUT2D eigenvalue weighted by Crippen LogP contribution is 2.31. The average molecular weight is 589 g/mol. The van der Waals surface area contributed by atoms with Crippen molar-refractivity contribution >= 4 is 25.9 Å². The summed E-state index contributed by atoms with van der Waals surface area (Å²) < 4.78 is 54.3. The molecule has 0 spiro atoms. The summed E-state index contributed by atoms with van der Waals surface area (Å²) in [5, 5.41) is 18.4. The maximum atomic E-state index is 12.7. The van der Waals surface area contributed by atoms with Gasteiger partial charge in [-0.2, -0.15) is 4.98 Å². The van der Waals surface area contributed by atoms with Gasteiger partial charge in [-0.15, -0.1) is 0 Å². The van der Waals surface area contributed by atoms with Gasteiger partial charge in [0.25, 0.3) is 5.89 Å². The minimum atomic E-state index is -3.74. The van der Waals surface area contributed by atoms with Crippen LogP contribution in [0.2, 0.25) is 0 Å². The Kier molecular flexibility index (Phi) is 9.43. The number of benzene rings is 2. The standard InChI is InChI=1S/C20H25N5O4S.C6H7NO2S/c1-12-5-6-15(30(27,28)23-8-7-20(3,4)26)10-16(12)14-9-17(18(21)22-11-14)19-24-13(2)25-29-19;7-10(8,9)6-4-2-1-3-5-6/h5-6,9-11,23,26H,7-8H2,1-4H3,(H2,21,22);1-5H,(H2,7,8,9). The van der Waals surface area contributed by atoms with E-state index in [1.165, 1.54) is 18.2 Å². The summed E-state index contributed by atoms with van der Waals surface area (Å²) in [5.41, 5.74) is 7.71. The van der Waals surface area contributed by atoms with E-state index in [9.17, 15) is 21.9 Å². The zero-order valence-corrected chi connectivity index (χ0v) is 24.1. The second kappa shape index (κ2) is 12.2. The molecule has 2 aromatic heterocycles. The van der Waals surface area contributed by atoms with E-state index in [4.69, 9.17) is 15.4 Å². The van der Waals surface area contributed by atoms with E-state index in [2.05, 4.69) is 19.8 Å². The van der Waals surface area contributed by atoms with E-state index in [1.807, 2.05) is 6.92 Å². The summed E-state index contributed by atoms with van der Waals surface area (Å²) >= 11 is 0. The number of pyridine rings is 1. The molecule has 0 fully saturated rings. The lowest BCUT2D eigenvalue weighted by Gasteiger charge is -2.17. The van der Waals surface area contributed by atoms with Crippen LogP contribution in [0.25, 0.3) is 22.6 Å². The number of hydrogen-bond acceptors (Lipinski definition) is 10. The van der Waals surface area contributed by atoms with Crippen molar-refractivity contribution in [3.63, 3.8) is 0 Å². The third-order valence-electron chi connectivity index (χ3n) is 5.61. The number of hydrogen-bond donors (Lipinski definition) is 4. The van der Waals surface area contributed by atoms with Gasteiger partial charge >= 0.3 is 0 Å². The number of rotatable bonds is 8. The zero-order chi connectivity index (χ0) is 29.7. The van der Waals surface area contributed by atoms with Crippen LogP contribution >= 0.6 is 0 Å². The monoisotopic (exact) mass is 588 g/mol. The SMILES string of the molecule is Cc1noc(-c2cc(-c3cc(S(=O)(=O)NCCC(C)(C)O)ccc3C)cnc2N)n1.NS(=O)(=O)c1ccccc1. The summed E-state index contributed by atoms with van der Waals surface area (Å²) in [6, 6.07) is 14.5. The average Bonchev–Trinajstić information content (AvgIpc) is 3.30. The van der Waals surface area contributed by atoms with Crippen molar-refractivity contribution in [2.24, 2.45) is 5.14 Å². The Morgan fingerprint density at radius 1 is 0.975 bits per heavy atom. The van der Waals surface area contributed by atoms with Gasteiger partial charge in [-0.25, -0.2) is 31.7 Å². The Labute approximate surface area is 233 Å². The lowest BCUT2D eigenvalue weighted by molar-refractivity contribution is 0.0728. The van der Waals surface area contributed by atoms with E-state index < -0.39 is 25.6 Å². The molecule has 0 atom stereocenters. The predicted molar refractivity (Wildman–Crippen MR) is 151 cm³/mol. The van der Waals surface area contributed by atoms with Crippen LogP contribution in [0, 0.1) is 13.8 Å². The van der Waals surface area contributed by atoms with Crippen molar-refractivity contribution < 1.29 is 26.5 Å². The van der Waals surface area contributed by atoms with Crippen LogP contribution in [0.5, 0.6) is 0 Å². The van der Waals surface area contributed by atoms with Gasteiger partial charge in [-0.3, -0.25) is 0 Å². The molecule has 2 aromatic carbocycles. The molecule has 0 bridgehead atoms. The molecule has 0 aliphatic rings. The molecule has 0 saturated carbocycles. The van der Waals surface area contributed by atoms with Crippen LogP contribution < -0.4 is 15.6 Å². The summed E-state index contributed by atoms with van der Waals surface area (Å²) in [6.07, 6.45) is 1.86. The van der Waals surface area contributed by atoms with Gasteiger partial charge in [0.1, 0.15) is 5.82 Å². The molecule has 4 rings (SSSR count). The highest BCUT2D eigenvalue weighted by molar-refractivity contribution is 7.89. The minimum absolute atomic E-state index is 0.117. The smallest absolute Gasteiger partial charge is 0.261 e. The highest BCUT2D eigenvalue weighted by atomic mass is 32.2. The molecule has 14 heteroatoms. The minimum Gasteiger partial charge on any atom is -0.390 e. The van der Waals surface area contributed by atoms with Crippen molar-refractivity contribution in [2.45, 2.75) is 49.5 Å². The molecule has 0 aliphatic carbocycles. The van der Waals surface area contributed by atoms with Gasteiger partial charge in [0.05, 0.1) is 21.0 Å². The maximum absolute atomic E-state index is 12.7. The normalized spacial score (nSPS) is 12.1. The van der Waals surface area contributed by atoms with E-state index in [0.29, 0.717) is 28.9 Å². The molecule has 4 aromatic rings. The number of aryl methyl sites for hydroxylation is 2. The first-order valence-electron chi connectivity index (χ1n) is 12.0. The first kappa shape index (κ1) is 30.8. The maximum Gasteiger partial charge on any atom is 0.261 e. The fraction of sp³-hybridized carbons (Fsp3) is 0.269. The van der Waals surface area contributed by atoms with Crippen molar-refractivity contribution in [2.75, 3.05) is 12.3 Å². The van der Waals surface area contributed by atoms with E-state index >= 15 is 0 Å². The highest BCUT2D eigenvalue weighted by Gasteiger charge is 2.20. The van der Waals surface area contributed by atoms with Crippen molar-refractivity contribution in [3.05, 3.63) is 72.2 Å². The van der Waals surface area contributed by atoms with Gasteiger partial charge in [0.2, 0.25) is 20.0 Å². The van der Waals surface area contributed by atoms with Gasteiger partial charge < -0.3 is 15.4 Å². The third-order valence-corrected chi connectivity index (χ3v) is 8.00. The molecule has 214 valence electrons. The topological polar surface area (TPSA) is 204 Å². The summed E-state index contributed by atoms with van der Waals surface area (Å²) in [6.45, 7) is 6.95. The molecule has 0 unspecified atom stereocenters. The Hall–Kier alpha value is -3.69.